The highest BCUT2D eigenvalue weighted by Crippen LogP contribution is 2.27. The molecular weight excluding hydrogens is 366 g/mol. The van der Waals surface area contributed by atoms with E-state index in [1.165, 1.54) is 0 Å². The second-order valence-corrected chi connectivity index (χ2v) is 9.07. The second-order valence-electron chi connectivity index (χ2n) is 5.79. The summed E-state index contributed by atoms with van der Waals surface area (Å²) in [6.45, 7) is 0.404. The topological polar surface area (TPSA) is 63.2 Å². The first kappa shape index (κ1) is 18.4. The molecule has 134 valence electrons. The number of nitrogens with one attached hydrogen (secondary N) is 1. The first-order valence-corrected chi connectivity index (χ1v) is 10.7. The van der Waals surface area contributed by atoms with E-state index in [1.807, 2.05) is 42.5 Å². The van der Waals surface area contributed by atoms with Crippen molar-refractivity contribution in [3.63, 3.8) is 0 Å². The van der Waals surface area contributed by atoms with Crippen molar-refractivity contribution in [2.75, 3.05) is 5.75 Å². The number of benzene rings is 2. The number of hydrogen-bond acceptors (Lipinski definition) is 4. The van der Waals surface area contributed by atoms with Crippen LogP contribution in [0.25, 0.3) is 10.4 Å². The van der Waals surface area contributed by atoms with Gasteiger partial charge in [0, 0.05) is 16.2 Å². The van der Waals surface area contributed by atoms with E-state index in [0.29, 0.717) is 6.54 Å². The van der Waals surface area contributed by atoms with Crippen LogP contribution in [0.15, 0.2) is 77.7 Å². The van der Waals surface area contributed by atoms with Crippen molar-refractivity contribution >= 4 is 27.1 Å². The standard InChI is InChI=1S/C20H19NO3S2/c22-20(13-14-26(23,24)18-9-5-2-6-10-18)21-15-17-11-12-19(25-17)16-7-3-1-4-8-16/h1-12H,13-15H2,(H,21,22). The first-order chi connectivity index (χ1) is 12.5. The lowest BCUT2D eigenvalue weighted by molar-refractivity contribution is -0.120. The Balaban J connectivity index is 1.51. The average molecular weight is 386 g/mol. The van der Waals surface area contributed by atoms with Crippen molar-refractivity contribution in [1.29, 1.82) is 0 Å². The molecular formula is C20H19NO3S2. The molecule has 0 saturated carbocycles. The van der Waals surface area contributed by atoms with Crippen LogP contribution in [0, 0.1) is 0 Å². The predicted octanol–water partition coefficient (Wildman–Crippen LogP) is 3.90. The van der Waals surface area contributed by atoms with E-state index in [4.69, 9.17) is 0 Å². The van der Waals surface area contributed by atoms with Crippen molar-refractivity contribution in [1.82, 2.24) is 5.32 Å². The number of carbonyl (C=O) groups is 1. The summed E-state index contributed by atoms with van der Waals surface area (Å²) in [6.07, 6.45) is -0.0475. The molecule has 0 aliphatic heterocycles. The van der Waals surface area contributed by atoms with Crippen molar-refractivity contribution in [3.8, 4) is 10.4 Å². The van der Waals surface area contributed by atoms with Gasteiger partial charge in [-0.1, -0.05) is 48.5 Å². The first-order valence-electron chi connectivity index (χ1n) is 8.23. The highest BCUT2D eigenvalue weighted by molar-refractivity contribution is 7.91. The van der Waals surface area contributed by atoms with Crippen LogP contribution in [0.3, 0.4) is 0 Å². The SMILES string of the molecule is O=C(CCS(=O)(=O)c1ccccc1)NCc1ccc(-c2ccccc2)s1. The third-order valence-electron chi connectivity index (χ3n) is 3.88. The van der Waals surface area contributed by atoms with Crippen molar-refractivity contribution in [2.45, 2.75) is 17.9 Å². The van der Waals surface area contributed by atoms with Crippen LogP contribution in [-0.2, 0) is 21.2 Å². The molecule has 0 radical (unpaired) electrons. The molecule has 0 spiro atoms. The summed E-state index contributed by atoms with van der Waals surface area (Å²) >= 11 is 1.62. The molecule has 1 aromatic heterocycles. The third kappa shape index (κ3) is 4.80. The highest BCUT2D eigenvalue weighted by Gasteiger charge is 2.16. The zero-order chi connectivity index (χ0) is 18.4. The van der Waals surface area contributed by atoms with Gasteiger partial charge in [0.2, 0.25) is 5.91 Å². The summed E-state index contributed by atoms with van der Waals surface area (Å²) in [4.78, 5) is 14.4. The maximum Gasteiger partial charge on any atom is 0.221 e. The lowest BCUT2D eigenvalue weighted by Gasteiger charge is -2.05. The van der Waals surface area contributed by atoms with E-state index in [9.17, 15) is 13.2 Å². The van der Waals surface area contributed by atoms with Crippen LogP contribution in [0.5, 0.6) is 0 Å². The molecule has 0 aliphatic rings. The fourth-order valence-corrected chi connectivity index (χ4v) is 4.69. The van der Waals surface area contributed by atoms with E-state index >= 15 is 0 Å². The number of carbonyl (C=O) groups excluding carboxylic acids is 1. The van der Waals surface area contributed by atoms with Crippen LogP contribution in [0.4, 0.5) is 0 Å². The Bertz CT molecular complexity index is 965. The van der Waals surface area contributed by atoms with Gasteiger partial charge in [-0.3, -0.25) is 4.79 Å². The quantitative estimate of drug-likeness (QED) is 0.671. The molecule has 1 amide bonds. The minimum Gasteiger partial charge on any atom is -0.351 e. The Kier molecular flexibility index (Phi) is 5.85. The molecule has 0 unspecified atom stereocenters. The molecule has 1 N–H and O–H groups in total. The number of hydrogen-bond donors (Lipinski definition) is 1. The Morgan fingerprint density at radius 1 is 0.885 bits per heavy atom. The Morgan fingerprint density at radius 3 is 2.23 bits per heavy atom. The minimum absolute atomic E-state index is 0.0475. The van der Waals surface area contributed by atoms with Gasteiger partial charge in [-0.25, -0.2) is 8.42 Å². The molecule has 3 aromatic rings. The van der Waals surface area contributed by atoms with E-state index in [1.54, 1.807) is 41.7 Å². The molecule has 0 fully saturated rings. The molecule has 0 aliphatic carbocycles. The number of amides is 1. The van der Waals surface area contributed by atoms with Crippen LogP contribution < -0.4 is 5.32 Å². The Morgan fingerprint density at radius 2 is 1.54 bits per heavy atom. The van der Waals surface area contributed by atoms with Gasteiger partial charge in [-0.15, -0.1) is 11.3 Å². The Labute approximate surface area is 157 Å². The summed E-state index contributed by atoms with van der Waals surface area (Å²) in [5, 5.41) is 2.79. The number of rotatable bonds is 7. The van der Waals surface area contributed by atoms with Crippen LogP contribution in [0.1, 0.15) is 11.3 Å². The second kappa shape index (κ2) is 8.29. The zero-order valence-electron chi connectivity index (χ0n) is 14.1. The van der Waals surface area contributed by atoms with Crippen LogP contribution in [0.2, 0.25) is 0 Å². The van der Waals surface area contributed by atoms with Gasteiger partial charge in [0.1, 0.15) is 0 Å². The molecule has 1 heterocycles. The maximum absolute atomic E-state index is 12.2. The summed E-state index contributed by atoms with van der Waals surface area (Å²) < 4.78 is 24.4. The number of sulfone groups is 1. The monoisotopic (exact) mass is 385 g/mol. The lowest BCUT2D eigenvalue weighted by atomic mass is 10.2. The normalized spacial score (nSPS) is 11.2. The average Bonchev–Trinajstić information content (AvgIpc) is 3.15. The van der Waals surface area contributed by atoms with Gasteiger partial charge in [0.25, 0.3) is 0 Å². The van der Waals surface area contributed by atoms with E-state index in [2.05, 4.69) is 5.32 Å². The minimum atomic E-state index is -3.43. The van der Waals surface area contributed by atoms with E-state index < -0.39 is 9.84 Å². The molecule has 0 saturated heterocycles. The summed E-state index contributed by atoms with van der Waals surface area (Å²) in [5.41, 5.74) is 1.14. The van der Waals surface area contributed by atoms with Crippen molar-refractivity contribution in [2.24, 2.45) is 0 Å². The molecule has 4 nitrogen and oxygen atoms in total. The fourth-order valence-electron chi connectivity index (χ4n) is 2.48. The molecule has 3 rings (SSSR count). The predicted molar refractivity (Wildman–Crippen MR) is 105 cm³/mol. The van der Waals surface area contributed by atoms with Crippen LogP contribution in [-0.4, -0.2) is 20.1 Å². The molecule has 0 bridgehead atoms. The number of thiophene rings is 1. The zero-order valence-corrected chi connectivity index (χ0v) is 15.7. The summed E-state index contributed by atoms with van der Waals surface area (Å²) in [7, 11) is -3.43. The summed E-state index contributed by atoms with van der Waals surface area (Å²) in [5.74, 6) is -0.457. The van der Waals surface area contributed by atoms with E-state index in [0.717, 1.165) is 15.3 Å². The van der Waals surface area contributed by atoms with Gasteiger partial charge in [-0.2, -0.15) is 0 Å². The van der Waals surface area contributed by atoms with Crippen molar-refractivity contribution in [3.05, 3.63) is 77.7 Å². The molecule has 6 heteroatoms. The van der Waals surface area contributed by atoms with Crippen LogP contribution >= 0.6 is 11.3 Å². The molecule has 2 aromatic carbocycles. The Hall–Kier alpha value is -2.44. The highest BCUT2D eigenvalue weighted by atomic mass is 32.2. The van der Waals surface area contributed by atoms with Gasteiger partial charge in [0.15, 0.2) is 9.84 Å². The molecule has 0 atom stereocenters. The molecule has 26 heavy (non-hydrogen) atoms. The fraction of sp³-hybridized carbons (Fsp3) is 0.150. The van der Waals surface area contributed by atoms with Gasteiger partial charge >= 0.3 is 0 Å². The third-order valence-corrected chi connectivity index (χ3v) is 6.75. The van der Waals surface area contributed by atoms with Gasteiger partial charge in [0.05, 0.1) is 17.2 Å². The largest absolute Gasteiger partial charge is 0.351 e. The maximum atomic E-state index is 12.2. The van der Waals surface area contributed by atoms with Gasteiger partial charge < -0.3 is 5.32 Å². The van der Waals surface area contributed by atoms with Gasteiger partial charge in [-0.05, 0) is 29.8 Å². The van der Waals surface area contributed by atoms with E-state index in [-0.39, 0.29) is 23.0 Å². The smallest absolute Gasteiger partial charge is 0.221 e. The lowest BCUT2D eigenvalue weighted by Crippen LogP contribution is -2.24. The summed E-state index contributed by atoms with van der Waals surface area (Å²) in [6, 6.07) is 22.3. The van der Waals surface area contributed by atoms with Crippen molar-refractivity contribution < 1.29 is 13.2 Å².